The Morgan fingerprint density at radius 3 is 2.44 bits per heavy atom. The van der Waals surface area contributed by atoms with Crippen LogP contribution in [0.25, 0.3) is 0 Å². The molecule has 0 heterocycles. The van der Waals surface area contributed by atoms with Crippen LogP contribution in [0.3, 0.4) is 0 Å². The summed E-state index contributed by atoms with van der Waals surface area (Å²) in [6.07, 6.45) is 1.85. The van der Waals surface area contributed by atoms with Crippen molar-refractivity contribution in [3.05, 3.63) is 35.4 Å². The van der Waals surface area contributed by atoms with Crippen molar-refractivity contribution in [3.63, 3.8) is 0 Å². The highest BCUT2D eigenvalue weighted by molar-refractivity contribution is 5.89. The third kappa shape index (κ3) is 2.92. The maximum absolute atomic E-state index is 12.1. The fraction of sp³-hybridized carbons (Fsp3) is 0.500. The quantitative estimate of drug-likeness (QED) is 0.827. The van der Waals surface area contributed by atoms with Crippen molar-refractivity contribution >= 4 is 5.78 Å². The second-order valence-electron chi connectivity index (χ2n) is 4.45. The molecule has 1 rings (SSSR count). The Morgan fingerprint density at radius 2 is 1.94 bits per heavy atom. The zero-order valence-electron chi connectivity index (χ0n) is 10.4. The highest BCUT2D eigenvalue weighted by Crippen LogP contribution is 2.16. The molecular weight excluding hydrogens is 198 g/mol. The van der Waals surface area contributed by atoms with E-state index in [-0.39, 0.29) is 5.78 Å². The predicted molar refractivity (Wildman–Crippen MR) is 67.4 cm³/mol. The van der Waals surface area contributed by atoms with E-state index in [0.29, 0.717) is 19.3 Å². The number of ketones is 1. The van der Waals surface area contributed by atoms with Gasteiger partial charge in [0, 0.05) is 6.42 Å². The Labute approximate surface area is 97.9 Å². The van der Waals surface area contributed by atoms with E-state index in [4.69, 9.17) is 5.73 Å². The second-order valence-corrected chi connectivity index (χ2v) is 4.45. The van der Waals surface area contributed by atoms with Gasteiger partial charge in [-0.2, -0.15) is 0 Å². The van der Waals surface area contributed by atoms with Gasteiger partial charge in [0.05, 0.1) is 5.54 Å². The zero-order valence-corrected chi connectivity index (χ0v) is 10.4. The summed E-state index contributed by atoms with van der Waals surface area (Å²) in [6, 6.07) is 8.04. The molecule has 0 saturated heterocycles. The Kier molecular flexibility index (Phi) is 4.25. The van der Waals surface area contributed by atoms with Crippen LogP contribution in [0.1, 0.15) is 37.8 Å². The summed E-state index contributed by atoms with van der Waals surface area (Å²) in [5.41, 5.74) is 7.67. The van der Waals surface area contributed by atoms with Crippen molar-refractivity contribution in [2.75, 3.05) is 0 Å². The molecule has 0 spiro atoms. The molecule has 2 N–H and O–H groups in total. The lowest BCUT2D eigenvalue weighted by Gasteiger charge is -2.24. The minimum absolute atomic E-state index is 0.142. The van der Waals surface area contributed by atoms with Crippen LogP contribution in [-0.2, 0) is 11.2 Å². The van der Waals surface area contributed by atoms with Gasteiger partial charge in [-0.15, -0.1) is 0 Å². The van der Waals surface area contributed by atoms with Crippen LogP contribution in [0.15, 0.2) is 24.3 Å². The molecule has 0 amide bonds. The number of carbonyl (C=O) groups is 1. The van der Waals surface area contributed by atoms with Crippen LogP contribution in [-0.4, -0.2) is 11.3 Å². The van der Waals surface area contributed by atoms with Gasteiger partial charge >= 0.3 is 0 Å². The van der Waals surface area contributed by atoms with Gasteiger partial charge in [0.2, 0.25) is 0 Å². The normalized spacial score (nSPS) is 11.5. The van der Waals surface area contributed by atoms with Crippen LogP contribution in [0, 0.1) is 6.92 Å². The van der Waals surface area contributed by atoms with Crippen LogP contribution < -0.4 is 5.73 Å². The van der Waals surface area contributed by atoms with Gasteiger partial charge < -0.3 is 5.73 Å². The molecule has 0 saturated carbocycles. The monoisotopic (exact) mass is 219 g/mol. The lowest BCUT2D eigenvalue weighted by molar-refractivity contribution is -0.123. The van der Waals surface area contributed by atoms with Crippen molar-refractivity contribution in [1.29, 1.82) is 0 Å². The first kappa shape index (κ1) is 12.9. The number of nitrogens with two attached hydrogens (primary N) is 1. The fourth-order valence-corrected chi connectivity index (χ4v) is 1.83. The first-order valence-electron chi connectivity index (χ1n) is 5.89. The largest absolute Gasteiger partial charge is 0.319 e. The Morgan fingerprint density at radius 1 is 1.31 bits per heavy atom. The molecule has 1 aromatic rings. The number of benzene rings is 1. The number of hydrogen-bond donors (Lipinski definition) is 1. The average Bonchev–Trinajstić information content (AvgIpc) is 2.28. The molecule has 16 heavy (non-hydrogen) atoms. The van der Waals surface area contributed by atoms with E-state index in [1.54, 1.807) is 0 Å². The first-order chi connectivity index (χ1) is 7.51. The lowest BCUT2D eigenvalue weighted by atomic mass is 9.86. The van der Waals surface area contributed by atoms with E-state index in [1.807, 2.05) is 45.0 Å². The smallest absolute Gasteiger partial charge is 0.156 e. The molecule has 2 nitrogen and oxygen atoms in total. The van der Waals surface area contributed by atoms with E-state index >= 15 is 0 Å². The maximum Gasteiger partial charge on any atom is 0.156 e. The molecule has 0 aromatic heterocycles. The molecule has 0 fully saturated rings. The van der Waals surface area contributed by atoms with E-state index < -0.39 is 5.54 Å². The summed E-state index contributed by atoms with van der Waals surface area (Å²) in [7, 11) is 0. The van der Waals surface area contributed by atoms with E-state index in [0.717, 1.165) is 5.56 Å². The van der Waals surface area contributed by atoms with Crippen molar-refractivity contribution in [2.45, 2.75) is 45.6 Å². The van der Waals surface area contributed by atoms with Crippen molar-refractivity contribution in [3.8, 4) is 0 Å². The van der Waals surface area contributed by atoms with Crippen LogP contribution in [0.5, 0.6) is 0 Å². The number of aryl methyl sites for hydroxylation is 1. The number of rotatable bonds is 5. The standard InChI is InChI=1S/C14H21NO/c1-4-14(15,5-2)13(16)10-12-8-6-7-11(3)9-12/h6-9H,4-5,10,15H2,1-3H3. The molecule has 2 heteroatoms. The zero-order chi connectivity index (χ0) is 12.2. The van der Waals surface area contributed by atoms with Gasteiger partial charge in [0.25, 0.3) is 0 Å². The van der Waals surface area contributed by atoms with Gasteiger partial charge in [-0.25, -0.2) is 0 Å². The maximum atomic E-state index is 12.1. The molecule has 0 aliphatic heterocycles. The summed E-state index contributed by atoms with van der Waals surface area (Å²) >= 11 is 0. The summed E-state index contributed by atoms with van der Waals surface area (Å²) in [5, 5.41) is 0. The van der Waals surface area contributed by atoms with Crippen molar-refractivity contribution in [1.82, 2.24) is 0 Å². The van der Waals surface area contributed by atoms with Gasteiger partial charge in [-0.1, -0.05) is 43.7 Å². The second kappa shape index (κ2) is 5.26. The topological polar surface area (TPSA) is 43.1 Å². The lowest BCUT2D eigenvalue weighted by Crippen LogP contribution is -2.47. The van der Waals surface area contributed by atoms with E-state index in [1.165, 1.54) is 5.56 Å². The fourth-order valence-electron chi connectivity index (χ4n) is 1.83. The molecule has 0 aliphatic rings. The van der Waals surface area contributed by atoms with Gasteiger partial charge in [0.1, 0.15) is 0 Å². The summed E-state index contributed by atoms with van der Waals surface area (Å²) in [5.74, 6) is 0.142. The summed E-state index contributed by atoms with van der Waals surface area (Å²) in [4.78, 5) is 12.1. The van der Waals surface area contributed by atoms with E-state index in [9.17, 15) is 4.79 Å². The highest BCUT2D eigenvalue weighted by atomic mass is 16.1. The molecule has 1 aromatic carbocycles. The Hall–Kier alpha value is -1.15. The van der Waals surface area contributed by atoms with Crippen LogP contribution in [0.4, 0.5) is 0 Å². The molecule has 0 bridgehead atoms. The molecule has 0 unspecified atom stereocenters. The molecule has 0 atom stereocenters. The molecule has 88 valence electrons. The minimum Gasteiger partial charge on any atom is -0.319 e. The molecule has 0 aliphatic carbocycles. The number of hydrogen-bond acceptors (Lipinski definition) is 2. The summed E-state index contributed by atoms with van der Waals surface area (Å²) < 4.78 is 0. The van der Waals surface area contributed by atoms with Gasteiger partial charge in [0.15, 0.2) is 5.78 Å². The third-order valence-electron chi connectivity index (χ3n) is 3.26. The van der Waals surface area contributed by atoms with Gasteiger partial charge in [-0.3, -0.25) is 4.79 Å². The van der Waals surface area contributed by atoms with Crippen molar-refractivity contribution in [2.24, 2.45) is 5.73 Å². The van der Waals surface area contributed by atoms with Crippen molar-refractivity contribution < 1.29 is 4.79 Å². The van der Waals surface area contributed by atoms with E-state index in [2.05, 4.69) is 0 Å². The molecular formula is C14H21NO. The Balaban J connectivity index is 2.78. The SMILES string of the molecule is CCC(N)(CC)C(=O)Cc1cccc(C)c1. The predicted octanol–water partition coefficient (Wildman–Crippen LogP) is 2.62. The van der Waals surface area contributed by atoms with Crippen LogP contribution >= 0.6 is 0 Å². The van der Waals surface area contributed by atoms with Gasteiger partial charge in [-0.05, 0) is 25.3 Å². The Bertz CT molecular complexity index is 367. The van der Waals surface area contributed by atoms with Crippen LogP contribution in [0.2, 0.25) is 0 Å². The third-order valence-corrected chi connectivity index (χ3v) is 3.26. The number of carbonyl (C=O) groups excluding carboxylic acids is 1. The summed E-state index contributed by atoms with van der Waals surface area (Å²) in [6.45, 7) is 5.97. The number of Topliss-reactive ketones (excluding diaryl/α,β-unsaturated/α-hetero) is 1. The first-order valence-corrected chi connectivity index (χ1v) is 5.89. The minimum atomic E-state index is -0.649. The highest BCUT2D eigenvalue weighted by Gasteiger charge is 2.29. The molecule has 0 radical (unpaired) electrons. The average molecular weight is 219 g/mol.